The monoisotopic (exact) mass is 289 g/mol. The van der Waals surface area contributed by atoms with Crippen LogP contribution in [0.25, 0.3) is 11.1 Å². The summed E-state index contributed by atoms with van der Waals surface area (Å²) >= 11 is 0. The van der Waals surface area contributed by atoms with Gasteiger partial charge in [0.15, 0.2) is 0 Å². The van der Waals surface area contributed by atoms with Crippen molar-refractivity contribution in [1.82, 2.24) is 5.16 Å². The molecule has 0 unspecified atom stereocenters. The lowest BCUT2D eigenvalue weighted by atomic mass is 9.99. The predicted molar refractivity (Wildman–Crippen MR) is 75.9 cm³/mol. The average molecular weight is 289 g/mol. The fourth-order valence-electron chi connectivity index (χ4n) is 2.13. The number of rotatable bonds is 3. The Bertz CT molecular complexity index is 701. The topological polar surface area (TPSA) is 129 Å². The number of aryl methyl sites for hydroxylation is 2. The molecule has 8 nitrogen and oxygen atoms in total. The number of carbonyl (C=O) groups is 1. The molecule has 110 valence electrons. The number of anilines is 1. The molecule has 8 heteroatoms. The van der Waals surface area contributed by atoms with Crippen molar-refractivity contribution in [3.8, 4) is 11.1 Å². The number of aromatic nitrogens is 1. The van der Waals surface area contributed by atoms with E-state index in [1.807, 2.05) is 0 Å². The summed E-state index contributed by atoms with van der Waals surface area (Å²) in [4.78, 5) is 11.9. The Hall–Kier alpha value is -2.90. The SMILES string of the molecule is COC(=O)c1cc(-c2c(C)noc2C)cc(N)c1N=NN. The first kappa shape index (κ1) is 14.5. The van der Waals surface area contributed by atoms with Crippen molar-refractivity contribution >= 4 is 17.3 Å². The Morgan fingerprint density at radius 3 is 2.62 bits per heavy atom. The minimum absolute atomic E-state index is 0.167. The van der Waals surface area contributed by atoms with Gasteiger partial charge in [0.05, 0.1) is 24.1 Å². The summed E-state index contributed by atoms with van der Waals surface area (Å²) in [5, 5.41) is 10.7. The van der Waals surface area contributed by atoms with E-state index in [-0.39, 0.29) is 16.9 Å². The zero-order valence-corrected chi connectivity index (χ0v) is 11.9. The number of nitrogens with zero attached hydrogens (tertiary/aromatic N) is 3. The molecule has 0 aliphatic carbocycles. The van der Waals surface area contributed by atoms with Crippen molar-refractivity contribution < 1.29 is 14.1 Å². The first-order valence-electron chi connectivity index (χ1n) is 6.05. The minimum Gasteiger partial charge on any atom is -0.465 e. The molecular weight excluding hydrogens is 274 g/mol. The van der Waals surface area contributed by atoms with Gasteiger partial charge in [-0.25, -0.2) is 4.79 Å². The minimum atomic E-state index is -0.585. The molecule has 2 aromatic rings. The highest BCUT2D eigenvalue weighted by Gasteiger charge is 2.20. The molecule has 21 heavy (non-hydrogen) atoms. The molecule has 0 aliphatic rings. The Morgan fingerprint density at radius 1 is 1.38 bits per heavy atom. The second-order valence-corrected chi connectivity index (χ2v) is 4.37. The maximum Gasteiger partial charge on any atom is 0.340 e. The van der Waals surface area contributed by atoms with Crippen molar-refractivity contribution in [1.29, 1.82) is 0 Å². The van der Waals surface area contributed by atoms with E-state index in [0.29, 0.717) is 17.0 Å². The quantitative estimate of drug-likeness (QED) is 0.293. The third-order valence-electron chi connectivity index (χ3n) is 3.02. The van der Waals surface area contributed by atoms with Crippen LogP contribution in [0.3, 0.4) is 0 Å². The zero-order chi connectivity index (χ0) is 15.6. The summed E-state index contributed by atoms with van der Waals surface area (Å²) in [7, 11) is 1.27. The van der Waals surface area contributed by atoms with Crippen LogP contribution in [-0.2, 0) is 4.74 Å². The van der Waals surface area contributed by atoms with E-state index in [1.54, 1.807) is 26.0 Å². The van der Waals surface area contributed by atoms with Crippen LogP contribution in [-0.4, -0.2) is 18.2 Å². The maximum atomic E-state index is 11.9. The molecule has 0 radical (unpaired) electrons. The molecule has 4 N–H and O–H groups in total. The number of nitrogens with two attached hydrogens (primary N) is 2. The standard InChI is InChI=1S/C13H15N5O3/c1-6-11(7(2)21-17-6)8-4-9(13(19)20-3)12(16-18-15)10(14)5-8/h4-5H,14H2,1-3H3,(H2,15,16). The van der Waals surface area contributed by atoms with E-state index in [1.165, 1.54) is 7.11 Å². The Balaban J connectivity index is 2.71. The smallest absolute Gasteiger partial charge is 0.340 e. The Morgan fingerprint density at radius 2 is 2.10 bits per heavy atom. The van der Waals surface area contributed by atoms with Crippen LogP contribution < -0.4 is 11.6 Å². The molecule has 0 bridgehead atoms. The number of esters is 1. The van der Waals surface area contributed by atoms with Crippen LogP contribution in [0.2, 0.25) is 0 Å². The third-order valence-corrected chi connectivity index (χ3v) is 3.02. The summed E-state index contributed by atoms with van der Waals surface area (Å²) < 4.78 is 9.86. The van der Waals surface area contributed by atoms with Gasteiger partial charge in [-0.05, 0) is 31.5 Å². The molecule has 0 spiro atoms. The van der Waals surface area contributed by atoms with Gasteiger partial charge in [0.2, 0.25) is 0 Å². The zero-order valence-electron chi connectivity index (χ0n) is 11.9. The van der Waals surface area contributed by atoms with Gasteiger partial charge < -0.3 is 20.8 Å². The highest BCUT2D eigenvalue weighted by molar-refractivity contribution is 5.99. The number of benzene rings is 1. The average Bonchev–Trinajstić information content (AvgIpc) is 2.79. The fourth-order valence-corrected chi connectivity index (χ4v) is 2.13. The van der Waals surface area contributed by atoms with E-state index in [9.17, 15) is 4.79 Å². The lowest BCUT2D eigenvalue weighted by Gasteiger charge is -2.09. The number of nitrogen functional groups attached to an aromatic ring is 1. The van der Waals surface area contributed by atoms with Crippen LogP contribution >= 0.6 is 0 Å². The second-order valence-electron chi connectivity index (χ2n) is 4.37. The summed E-state index contributed by atoms with van der Waals surface area (Å²) in [5.41, 5.74) is 8.66. The number of hydrogen-bond donors (Lipinski definition) is 2. The van der Waals surface area contributed by atoms with Gasteiger partial charge in [0.25, 0.3) is 0 Å². The van der Waals surface area contributed by atoms with Crippen LogP contribution in [0.4, 0.5) is 11.4 Å². The van der Waals surface area contributed by atoms with Gasteiger partial charge in [-0.2, -0.15) is 0 Å². The normalized spacial score (nSPS) is 11.0. The molecular formula is C13H15N5O3. The van der Waals surface area contributed by atoms with Crippen LogP contribution in [0.15, 0.2) is 27.0 Å². The number of carbonyl (C=O) groups excluding carboxylic acids is 1. The van der Waals surface area contributed by atoms with E-state index in [2.05, 4.69) is 15.5 Å². The van der Waals surface area contributed by atoms with Crippen LogP contribution in [0, 0.1) is 13.8 Å². The Labute approximate surface area is 120 Å². The van der Waals surface area contributed by atoms with Gasteiger partial charge in [0.1, 0.15) is 11.4 Å². The molecule has 0 saturated heterocycles. The molecule has 0 fully saturated rings. The lowest BCUT2D eigenvalue weighted by molar-refractivity contribution is 0.0601. The second kappa shape index (κ2) is 5.61. The number of hydrogen-bond acceptors (Lipinski definition) is 7. The highest BCUT2D eigenvalue weighted by atomic mass is 16.5. The molecule has 1 aromatic heterocycles. The molecule has 1 aromatic carbocycles. The van der Waals surface area contributed by atoms with E-state index < -0.39 is 5.97 Å². The molecule has 0 amide bonds. The summed E-state index contributed by atoms with van der Waals surface area (Å²) in [6.45, 7) is 3.57. The van der Waals surface area contributed by atoms with Crippen molar-refractivity contribution in [2.24, 2.45) is 16.2 Å². The molecule has 0 saturated carbocycles. The van der Waals surface area contributed by atoms with Gasteiger partial charge >= 0.3 is 5.97 Å². The van der Waals surface area contributed by atoms with Gasteiger partial charge in [-0.3, -0.25) is 0 Å². The lowest BCUT2D eigenvalue weighted by Crippen LogP contribution is -2.04. The van der Waals surface area contributed by atoms with E-state index >= 15 is 0 Å². The van der Waals surface area contributed by atoms with Crippen molar-refractivity contribution in [3.05, 3.63) is 29.2 Å². The summed E-state index contributed by atoms with van der Waals surface area (Å²) in [6.07, 6.45) is 0. The van der Waals surface area contributed by atoms with Crippen LogP contribution in [0.5, 0.6) is 0 Å². The number of methoxy groups -OCH3 is 1. The van der Waals surface area contributed by atoms with Crippen molar-refractivity contribution in [2.45, 2.75) is 13.8 Å². The van der Waals surface area contributed by atoms with E-state index in [4.69, 9.17) is 20.8 Å². The Kier molecular flexibility index (Phi) is 3.88. The van der Waals surface area contributed by atoms with Gasteiger partial charge in [-0.15, -0.1) is 5.11 Å². The summed E-state index contributed by atoms with van der Waals surface area (Å²) in [5.74, 6) is 5.08. The molecule has 2 rings (SSSR count). The van der Waals surface area contributed by atoms with Gasteiger partial charge in [-0.1, -0.05) is 10.4 Å². The largest absolute Gasteiger partial charge is 0.465 e. The van der Waals surface area contributed by atoms with Crippen molar-refractivity contribution in [2.75, 3.05) is 12.8 Å². The summed E-state index contributed by atoms with van der Waals surface area (Å²) in [6, 6.07) is 3.25. The van der Waals surface area contributed by atoms with E-state index in [0.717, 1.165) is 5.56 Å². The fraction of sp³-hybridized carbons (Fsp3) is 0.231. The predicted octanol–water partition coefficient (Wildman–Crippen LogP) is 2.28. The molecule has 0 aliphatic heterocycles. The number of ether oxygens (including phenoxy) is 1. The third kappa shape index (κ3) is 2.55. The first-order chi connectivity index (χ1) is 9.99. The first-order valence-corrected chi connectivity index (χ1v) is 6.05. The molecule has 0 atom stereocenters. The molecule has 1 heterocycles. The van der Waals surface area contributed by atoms with Gasteiger partial charge in [0, 0.05) is 5.56 Å². The van der Waals surface area contributed by atoms with Crippen LogP contribution in [0.1, 0.15) is 21.8 Å². The maximum absolute atomic E-state index is 11.9. The highest BCUT2D eigenvalue weighted by Crippen LogP contribution is 2.36. The van der Waals surface area contributed by atoms with Crippen molar-refractivity contribution in [3.63, 3.8) is 0 Å².